The number of hydrogen-bond acceptors (Lipinski definition) is 4. The summed E-state index contributed by atoms with van der Waals surface area (Å²) >= 11 is 0. The highest BCUT2D eigenvalue weighted by Gasteiger charge is 2.62. The number of rotatable bonds is 4. The van der Waals surface area contributed by atoms with Crippen LogP contribution in [0.3, 0.4) is 0 Å². The second-order valence-corrected chi connectivity index (χ2v) is 14.0. The number of carbonyl (C=O) groups excluding carboxylic acids is 1. The van der Waals surface area contributed by atoms with Crippen molar-refractivity contribution in [1.29, 1.82) is 0 Å². The Balaban J connectivity index is 1.39. The van der Waals surface area contributed by atoms with Gasteiger partial charge in [-0.25, -0.2) is 8.42 Å². The number of aliphatic hydroxyl groups is 1. The monoisotopic (exact) mass is 555 g/mol. The van der Waals surface area contributed by atoms with Crippen LogP contribution in [0.2, 0.25) is 0 Å². The smallest absolute Gasteiger partial charge is 0.261 e. The molecule has 0 aromatic heterocycles. The normalized spacial score (nSPS) is 31.4. The molecule has 208 valence electrons. The molecule has 0 saturated heterocycles. The van der Waals surface area contributed by atoms with E-state index >= 15 is 0 Å². The van der Waals surface area contributed by atoms with Crippen molar-refractivity contribution < 1.29 is 18.3 Å². The lowest BCUT2D eigenvalue weighted by Crippen LogP contribution is -2.51. The van der Waals surface area contributed by atoms with Crippen LogP contribution in [0.5, 0.6) is 0 Å². The molecule has 0 unspecified atom stereocenters. The molecule has 6 heteroatoms. The molecule has 0 aliphatic heterocycles. The van der Waals surface area contributed by atoms with E-state index in [9.17, 15) is 18.3 Å². The summed E-state index contributed by atoms with van der Waals surface area (Å²) in [6.07, 6.45) is 7.50. The molecule has 6 rings (SSSR count). The predicted octanol–water partition coefficient (Wildman–Crippen LogP) is 6.45. The van der Waals surface area contributed by atoms with Crippen molar-refractivity contribution in [2.45, 2.75) is 82.1 Å². The summed E-state index contributed by atoms with van der Waals surface area (Å²) in [6, 6.07) is 14.5. The molecule has 40 heavy (non-hydrogen) atoms. The van der Waals surface area contributed by atoms with Crippen molar-refractivity contribution in [2.75, 3.05) is 4.72 Å². The van der Waals surface area contributed by atoms with Gasteiger partial charge in [0.05, 0.1) is 4.90 Å². The van der Waals surface area contributed by atoms with Gasteiger partial charge in [0.1, 0.15) is 5.60 Å². The second-order valence-electron chi connectivity index (χ2n) is 12.3. The van der Waals surface area contributed by atoms with Crippen LogP contribution in [-0.2, 0) is 14.8 Å². The zero-order valence-corrected chi connectivity index (χ0v) is 24.3. The largest absolute Gasteiger partial charge is 0.377 e. The number of nitrogens with one attached hydrogen (secondary N) is 1. The van der Waals surface area contributed by atoms with Crippen LogP contribution < -0.4 is 4.72 Å². The highest BCUT2D eigenvalue weighted by atomic mass is 32.2. The molecule has 2 fully saturated rings. The van der Waals surface area contributed by atoms with E-state index in [2.05, 4.69) is 23.5 Å². The lowest BCUT2D eigenvalue weighted by atomic mass is 9.51. The maximum Gasteiger partial charge on any atom is 0.261 e. The van der Waals surface area contributed by atoms with Gasteiger partial charge in [0.25, 0.3) is 10.0 Å². The summed E-state index contributed by atoms with van der Waals surface area (Å²) in [6.45, 7) is 5.95. The fourth-order valence-corrected chi connectivity index (χ4v) is 9.15. The Morgan fingerprint density at radius 2 is 1.73 bits per heavy atom. The number of fused-ring (bicyclic) bond motifs is 4. The first kappa shape index (κ1) is 27.1. The molecule has 4 aliphatic carbocycles. The van der Waals surface area contributed by atoms with E-state index in [0.717, 1.165) is 43.2 Å². The van der Waals surface area contributed by atoms with Crippen molar-refractivity contribution in [2.24, 2.45) is 17.3 Å². The summed E-state index contributed by atoms with van der Waals surface area (Å²) in [5.74, 6) is 7.19. The van der Waals surface area contributed by atoms with Gasteiger partial charge < -0.3 is 5.11 Å². The van der Waals surface area contributed by atoms with E-state index in [1.807, 2.05) is 37.3 Å². The number of benzene rings is 2. The van der Waals surface area contributed by atoms with Gasteiger partial charge >= 0.3 is 0 Å². The van der Waals surface area contributed by atoms with Gasteiger partial charge in [-0.05, 0) is 111 Å². The van der Waals surface area contributed by atoms with Crippen LogP contribution in [0.25, 0.3) is 0 Å². The minimum absolute atomic E-state index is 0.0733. The van der Waals surface area contributed by atoms with Crippen LogP contribution in [-0.4, -0.2) is 24.9 Å². The zero-order valence-electron chi connectivity index (χ0n) is 23.5. The fourth-order valence-electron chi connectivity index (χ4n) is 8.09. The SMILES string of the molecule is CC#C[C@]1(O)CC[C@H]2[C@@H]3CCC4=CC(=O)CCC4=C3[C@@H](c3ccc(NS(=O)(=O)c4ccc(C)cc4)cc3)C[C@@]21C. The number of carbonyl (C=O) groups is 1. The molecule has 2 saturated carbocycles. The molecular formula is C34H37NO4S. The maximum absolute atomic E-state index is 13.0. The molecular weight excluding hydrogens is 518 g/mol. The number of aryl methyl sites for hydroxylation is 1. The Bertz CT molecular complexity index is 1590. The second kappa shape index (κ2) is 9.75. The molecule has 2 aromatic rings. The average Bonchev–Trinajstić information content (AvgIpc) is 3.18. The first-order valence-corrected chi connectivity index (χ1v) is 15.9. The molecule has 2 aromatic carbocycles. The van der Waals surface area contributed by atoms with E-state index in [-0.39, 0.29) is 22.0 Å². The van der Waals surface area contributed by atoms with Gasteiger partial charge in [-0.2, -0.15) is 0 Å². The highest BCUT2D eigenvalue weighted by Crippen LogP contribution is 2.66. The van der Waals surface area contributed by atoms with Crippen molar-refractivity contribution in [3.8, 4) is 11.8 Å². The third-order valence-electron chi connectivity index (χ3n) is 10.1. The molecule has 2 N–H and O–H groups in total. The Kier molecular flexibility index (Phi) is 6.59. The molecule has 0 bridgehead atoms. The number of sulfonamides is 1. The quantitative estimate of drug-likeness (QED) is 0.425. The number of ketones is 1. The van der Waals surface area contributed by atoms with E-state index < -0.39 is 15.6 Å². The summed E-state index contributed by atoms with van der Waals surface area (Å²) in [7, 11) is -3.70. The third-order valence-corrected chi connectivity index (χ3v) is 11.5. The third kappa shape index (κ3) is 4.35. The summed E-state index contributed by atoms with van der Waals surface area (Å²) in [5.41, 5.74) is 5.24. The van der Waals surface area contributed by atoms with Gasteiger partial charge in [0, 0.05) is 23.4 Å². The molecule has 0 radical (unpaired) electrons. The zero-order chi connectivity index (χ0) is 28.3. The first-order chi connectivity index (χ1) is 19.0. The lowest BCUT2D eigenvalue weighted by Gasteiger charge is -2.53. The first-order valence-electron chi connectivity index (χ1n) is 14.4. The van der Waals surface area contributed by atoms with Crippen molar-refractivity contribution in [3.63, 3.8) is 0 Å². The van der Waals surface area contributed by atoms with Gasteiger partial charge in [-0.3, -0.25) is 9.52 Å². The molecule has 5 atom stereocenters. The van der Waals surface area contributed by atoms with Gasteiger partial charge in [-0.1, -0.05) is 48.2 Å². The lowest BCUT2D eigenvalue weighted by molar-refractivity contribution is -0.114. The van der Waals surface area contributed by atoms with Crippen LogP contribution in [0.1, 0.15) is 75.8 Å². The Hall–Kier alpha value is -3.14. The van der Waals surface area contributed by atoms with Crippen LogP contribution in [0.15, 0.2) is 76.2 Å². The summed E-state index contributed by atoms with van der Waals surface area (Å²) < 4.78 is 28.7. The molecule has 4 aliphatic rings. The maximum atomic E-state index is 13.0. The van der Waals surface area contributed by atoms with Crippen molar-refractivity contribution >= 4 is 21.5 Å². The predicted molar refractivity (Wildman–Crippen MR) is 157 cm³/mol. The molecule has 0 amide bonds. The van der Waals surface area contributed by atoms with Gasteiger partial charge in [-0.15, -0.1) is 5.92 Å². The Morgan fingerprint density at radius 1 is 1.00 bits per heavy atom. The number of anilines is 1. The van der Waals surface area contributed by atoms with Crippen molar-refractivity contribution in [3.05, 3.63) is 82.5 Å². The molecule has 0 heterocycles. The molecule has 5 nitrogen and oxygen atoms in total. The summed E-state index contributed by atoms with van der Waals surface area (Å²) in [5, 5.41) is 11.8. The average molecular weight is 556 g/mol. The summed E-state index contributed by atoms with van der Waals surface area (Å²) in [4.78, 5) is 12.5. The minimum Gasteiger partial charge on any atom is -0.377 e. The van der Waals surface area contributed by atoms with E-state index in [4.69, 9.17) is 0 Å². The topological polar surface area (TPSA) is 83.5 Å². The van der Waals surface area contributed by atoms with Crippen LogP contribution in [0, 0.1) is 36.0 Å². The Labute approximate surface area is 237 Å². The minimum atomic E-state index is -3.70. The van der Waals surface area contributed by atoms with Gasteiger partial charge in [0.2, 0.25) is 0 Å². The van der Waals surface area contributed by atoms with Crippen molar-refractivity contribution in [1.82, 2.24) is 0 Å². The van der Waals surface area contributed by atoms with E-state index in [1.54, 1.807) is 31.2 Å². The number of allylic oxidation sites excluding steroid dienone is 4. The highest BCUT2D eigenvalue weighted by molar-refractivity contribution is 7.92. The van der Waals surface area contributed by atoms with E-state index in [0.29, 0.717) is 30.4 Å². The van der Waals surface area contributed by atoms with Crippen LogP contribution in [0.4, 0.5) is 5.69 Å². The van der Waals surface area contributed by atoms with Gasteiger partial charge in [0.15, 0.2) is 5.78 Å². The standard InChI is InChI=1S/C34H37NO4S/c1-4-18-34(37)19-17-31-29-15-9-24-20-26(36)12-16-28(24)32(29)30(21-33(31,34)3)23-7-10-25(11-8-23)35-40(38,39)27-13-5-22(2)6-14-27/h5-8,10-11,13-14,20,29-31,35,37H,9,12,15-17,19,21H2,1-3H3/t29-,30+,31-,33-,34-/m0/s1. The number of hydrogen-bond donors (Lipinski definition) is 2. The van der Waals surface area contributed by atoms with E-state index in [1.165, 1.54) is 16.7 Å². The Morgan fingerprint density at radius 3 is 2.42 bits per heavy atom. The molecule has 0 spiro atoms. The van der Waals surface area contributed by atoms with Crippen LogP contribution >= 0.6 is 0 Å². The fraction of sp³-hybridized carbons (Fsp3) is 0.441.